The Labute approximate surface area is 248 Å². The number of hydrogen-bond acceptors (Lipinski definition) is 10. The number of piperazine rings is 1. The lowest BCUT2D eigenvalue weighted by Gasteiger charge is -2.34. The standard InChI is InChI=1S/C29H24F3N9O3/c30-29(31,32)25-23(15-37-38-26(25)42)41-16-19-3-1-2-4-22(19)24(41)17-44-21-9-20(13-34-14-21)27(43)39-5-7-40(8-6-39)28-35-11-18(10-33)12-36-28/h1-4,9,11-15,24H,5-8,16-17H2,(H,38,42)/t24-/m0/s1. The molecule has 15 heteroatoms. The number of carbonyl (C=O) groups excluding carboxylic acids is 1. The second-order valence-corrected chi connectivity index (χ2v) is 10.2. The second kappa shape index (κ2) is 11.6. The lowest BCUT2D eigenvalue weighted by Crippen LogP contribution is -2.49. The van der Waals surface area contributed by atoms with Gasteiger partial charge in [0.05, 0.1) is 47.6 Å². The molecule has 0 spiro atoms. The molecule has 6 rings (SSSR count). The number of nitrogens with one attached hydrogen (secondary N) is 1. The van der Waals surface area contributed by atoms with Crippen molar-refractivity contribution in [3.05, 3.63) is 99.5 Å². The Morgan fingerprint density at radius 3 is 2.55 bits per heavy atom. The molecule has 224 valence electrons. The van der Waals surface area contributed by atoms with Crippen LogP contribution in [-0.2, 0) is 12.7 Å². The number of hydrogen-bond donors (Lipinski definition) is 1. The molecule has 5 heterocycles. The van der Waals surface area contributed by atoms with Crippen LogP contribution in [0.3, 0.4) is 0 Å². The van der Waals surface area contributed by atoms with E-state index in [0.29, 0.717) is 43.3 Å². The van der Waals surface area contributed by atoms with E-state index in [9.17, 15) is 22.8 Å². The number of pyridine rings is 1. The number of anilines is 2. The van der Waals surface area contributed by atoms with Gasteiger partial charge in [-0.1, -0.05) is 24.3 Å². The van der Waals surface area contributed by atoms with Crippen molar-refractivity contribution in [3.8, 4) is 11.8 Å². The number of fused-ring (bicyclic) bond motifs is 1. The number of H-pyrrole nitrogens is 1. The summed E-state index contributed by atoms with van der Waals surface area (Å²) in [6.07, 6.45) is 1.86. The maximum absolute atomic E-state index is 13.9. The van der Waals surface area contributed by atoms with Gasteiger partial charge in [0.25, 0.3) is 11.5 Å². The number of alkyl halides is 3. The van der Waals surface area contributed by atoms with Crippen LogP contribution in [0.5, 0.6) is 5.75 Å². The monoisotopic (exact) mass is 603 g/mol. The van der Waals surface area contributed by atoms with Crippen molar-refractivity contribution in [2.24, 2.45) is 0 Å². The molecule has 4 aromatic rings. The first-order valence-electron chi connectivity index (χ1n) is 13.6. The van der Waals surface area contributed by atoms with E-state index in [1.807, 2.05) is 22.1 Å². The predicted molar refractivity (Wildman–Crippen MR) is 150 cm³/mol. The summed E-state index contributed by atoms with van der Waals surface area (Å²) in [5.41, 5.74) is -0.796. The molecule has 0 aliphatic carbocycles. The number of nitriles is 1. The van der Waals surface area contributed by atoms with E-state index in [0.717, 1.165) is 17.3 Å². The molecule has 2 aliphatic rings. The van der Waals surface area contributed by atoms with Gasteiger partial charge in [0.1, 0.15) is 24.0 Å². The zero-order valence-electron chi connectivity index (χ0n) is 23.0. The summed E-state index contributed by atoms with van der Waals surface area (Å²) in [5.74, 6) is 0.499. The summed E-state index contributed by atoms with van der Waals surface area (Å²) in [4.78, 5) is 43.1. The van der Waals surface area contributed by atoms with Crippen LogP contribution in [0.15, 0.2) is 66.1 Å². The van der Waals surface area contributed by atoms with Crippen LogP contribution >= 0.6 is 0 Å². The minimum absolute atomic E-state index is 0.0797. The smallest absolute Gasteiger partial charge is 0.423 e. The Morgan fingerprint density at radius 1 is 1.07 bits per heavy atom. The normalized spacial score (nSPS) is 16.4. The van der Waals surface area contributed by atoms with Crippen LogP contribution in [0.1, 0.15) is 38.7 Å². The lowest BCUT2D eigenvalue weighted by molar-refractivity contribution is -0.138. The third kappa shape index (κ3) is 5.61. The van der Waals surface area contributed by atoms with Gasteiger partial charge in [0.15, 0.2) is 0 Å². The lowest BCUT2D eigenvalue weighted by atomic mass is 10.1. The highest BCUT2D eigenvalue weighted by Crippen LogP contribution is 2.42. The van der Waals surface area contributed by atoms with Crippen LogP contribution in [0.25, 0.3) is 0 Å². The Balaban J connectivity index is 1.16. The third-order valence-corrected chi connectivity index (χ3v) is 7.55. The summed E-state index contributed by atoms with van der Waals surface area (Å²) in [7, 11) is 0. The molecule has 1 fully saturated rings. The second-order valence-electron chi connectivity index (χ2n) is 10.2. The highest BCUT2D eigenvalue weighted by atomic mass is 19.4. The van der Waals surface area contributed by atoms with Gasteiger partial charge in [-0.3, -0.25) is 14.6 Å². The Bertz CT molecular complexity index is 1780. The molecule has 0 bridgehead atoms. The summed E-state index contributed by atoms with van der Waals surface area (Å²) < 4.78 is 47.7. The number of halogens is 3. The molecule has 1 N–H and O–H groups in total. The zero-order chi connectivity index (χ0) is 30.8. The van der Waals surface area contributed by atoms with Gasteiger partial charge in [0, 0.05) is 38.9 Å². The predicted octanol–water partition coefficient (Wildman–Crippen LogP) is 2.95. The van der Waals surface area contributed by atoms with Crippen molar-refractivity contribution in [1.29, 1.82) is 5.26 Å². The van der Waals surface area contributed by atoms with E-state index in [1.54, 1.807) is 29.2 Å². The molecule has 1 atom stereocenters. The van der Waals surface area contributed by atoms with Crippen LogP contribution in [0.2, 0.25) is 0 Å². The van der Waals surface area contributed by atoms with Crippen LogP contribution < -0.4 is 20.1 Å². The van der Waals surface area contributed by atoms with Gasteiger partial charge in [-0.25, -0.2) is 15.1 Å². The van der Waals surface area contributed by atoms with Crippen LogP contribution in [-0.4, -0.2) is 68.7 Å². The fraction of sp³-hybridized carbons (Fsp3) is 0.276. The number of rotatable bonds is 6. The molecule has 0 radical (unpaired) electrons. The number of aromatic amines is 1. The topological polar surface area (TPSA) is 144 Å². The van der Waals surface area contributed by atoms with E-state index in [-0.39, 0.29) is 30.5 Å². The van der Waals surface area contributed by atoms with Gasteiger partial charge in [-0.2, -0.15) is 23.5 Å². The van der Waals surface area contributed by atoms with Crippen molar-refractivity contribution in [2.45, 2.75) is 18.8 Å². The average Bonchev–Trinajstić information content (AvgIpc) is 3.41. The van der Waals surface area contributed by atoms with Gasteiger partial charge in [0.2, 0.25) is 5.95 Å². The largest absolute Gasteiger partial charge is 0.489 e. The fourth-order valence-corrected chi connectivity index (χ4v) is 5.40. The van der Waals surface area contributed by atoms with E-state index in [4.69, 9.17) is 10.00 Å². The van der Waals surface area contributed by atoms with E-state index in [1.165, 1.54) is 29.7 Å². The van der Waals surface area contributed by atoms with Crippen molar-refractivity contribution in [3.63, 3.8) is 0 Å². The molecule has 12 nitrogen and oxygen atoms in total. The minimum Gasteiger partial charge on any atom is -0.489 e. The number of aromatic nitrogens is 5. The number of ether oxygens (including phenoxy) is 1. The van der Waals surface area contributed by atoms with Gasteiger partial charge < -0.3 is 19.4 Å². The quantitative estimate of drug-likeness (QED) is 0.349. The SMILES string of the molecule is N#Cc1cnc(N2CCN(C(=O)c3cncc(OC[C@H]4c5ccccc5CN4c4cn[nH]c(=O)c4C(F)(F)F)c3)CC2)nc1. The Hall–Kier alpha value is -5.52. The molecule has 1 saturated heterocycles. The van der Waals surface area contributed by atoms with Crippen LogP contribution in [0, 0.1) is 11.3 Å². The van der Waals surface area contributed by atoms with E-state index < -0.39 is 23.3 Å². The first-order chi connectivity index (χ1) is 21.2. The summed E-state index contributed by atoms with van der Waals surface area (Å²) >= 11 is 0. The van der Waals surface area contributed by atoms with Gasteiger partial charge >= 0.3 is 6.18 Å². The Kier molecular flexibility index (Phi) is 7.56. The number of nitrogens with zero attached hydrogens (tertiary/aromatic N) is 8. The molecule has 44 heavy (non-hydrogen) atoms. The van der Waals surface area contributed by atoms with Crippen molar-refractivity contribution in [1.82, 2.24) is 30.0 Å². The number of benzene rings is 1. The molecule has 0 saturated carbocycles. The average molecular weight is 604 g/mol. The van der Waals surface area contributed by atoms with Gasteiger partial charge in [-0.15, -0.1) is 0 Å². The molecule has 2 aliphatic heterocycles. The first kappa shape index (κ1) is 28.6. The molecular weight excluding hydrogens is 579 g/mol. The third-order valence-electron chi connectivity index (χ3n) is 7.55. The van der Waals surface area contributed by atoms with Crippen molar-refractivity contribution in [2.75, 3.05) is 42.6 Å². The summed E-state index contributed by atoms with van der Waals surface area (Å²) in [5, 5.41) is 14.4. The zero-order valence-corrected chi connectivity index (χ0v) is 23.0. The molecule has 1 aromatic carbocycles. The highest BCUT2D eigenvalue weighted by molar-refractivity contribution is 5.94. The van der Waals surface area contributed by atoms with Crippen molar-refractivity contribution < 1.29 is 22.7 Å². The molecular formula is C29H24F3N9O3. The minimum atomic E-state index is -4.90. The van der Waals surface area contributed by atoms with Crippen LogP contribution in [0.4, 0.5) is 24.8 Å². The number of carbonyl (C=O) groups is 1. The highest BCUT2D eigenvalue weighted by Gasteiger charge is 2.42. The summed E-state index contributed by atoms with van der Waals surface area (Å²) in [6.45, 7) is 1.85. The summed E-state index contributed by atoms with van der Waals surface area (Å²) in [6, 6.07) is 10.0. The van der Waals surface area contributed by atoms with Crippen molar-refractivity contribution >= 4 is 17.5 Å². The number of amides is 1. The first-order valence-corrected chi connectivity index (χ1v) is 13.6. The van der Waals surface area contributed by atoms with E-state index >= 15 is 0 Å². The van der Waals surface area contributed by atoms with Gasteiger partial charge in [-0.05, 0) is 17.2 Å². The fourth-order valence-electron chi connectivity index (χ4n) is 5.40. The maximum Gasteiger partial charge on any atom is 0.423 e. The molecule has 3 aromatic heterocycles. The van der Waals surface area contributed by atoms with E-state index in [2.05, 4.69) is 20.1 Å². The molecule has 0 unspecified atom stereocenters. The Morgan fingerprint density at radius 2 is 1.82 bits per heavy atom. The molecule has 1 amide bonds. The maximum atomic E-state index is 13.9.